The average Bonchev–Trinajstić information content (AvgIpc) is 2.30. The molecule has 0 aliphatic carbocycles. The van der Waals surface area contributed by atoms with Gasteiger partial charge in [0.2, 0.25) is 0 Å². The number of carbonyl (C=O) groups is 1. The van der Waals surface area contributed by atoms with Gasteiger partial charge in [-0.25, -0.2) is 4.79 Å². The van der Waals surface area contributed by atoms with Gasteiger partial charge < -0.3 is 5.11 Å². The van der Waals surface area contributed by atoms with Gasteiger partial charge in [0.05, 0.1) is 4.34 Å². The van der Waals surface area contributed by atoms with E-state index in [1.54, 1.807) is 6.07 Å². The van der Waals surface area contributed by atoms with Crippen molar-refractivity contribution in [3.63, 3.8) is 0 Å². The van der Waals surface area contributed by atoms with Crippen molar-refractivity contribution in [3.05, 3.63) is 20.8 Å². The summed E-state index contributed by atoms with van der Waals surface area (Å²) in [7, 11) is 0. The molecule has 0 aromatic carbocycles. The molecule has 4 heteroatoms. The molecule has 0 spiro atoms. The number of aryl methyl sites for hydroxylation is 1. The van der Waals surface area contributed by atoms with E-state index in [1.807, 2.05) is 6.92 Å². The molecule has 0 unspecified atom stereocenters. The Morgan fingerprint density at radius 1 is 1.82 bits per heavy atom. The third kappa shape index (κ3) is 1.73. The molecule has 0 fully saturated rings. The Morgan fingerprint density at radius 2 is 2.45 bits per heavy atom. The first-order chi connectivity index (χ1) is 5.15. The van der Waals surface area contributed by atoms with E-state index in [0.717, 1.165) is 16.9 Å². The maximum absolute atomic E-state index is 10.5. The second kappa shape index (κ2) is 3.24. The molecule has 11 heavy (non-hydrogen) atoms. The van der Waals surface area contributed by atoms with Gasteiger partial charge in [0.1, 0.15) is 4.88 Å². The molecule has 0 aliphatic heterocycles. The van der Waals surface area contributed by atoms with E-state index in [2.05, 4.69) is 0 Å². The van der Waals surface area contributed by atoms with Gasteiger partial charge in [-0.3, -0.25) is 0 Å². The highest BCUT2D eigenvalue weighted by molar-refractivity contribution is 7.18. The van der Waals surface area contributed by atoms with Gasteiger partial charge >= 0.3 is 5.97 Å². The van der Waals surface area contributed by atoms with E-state index < -0.39 is 5.97 Å². The Hall–Kier alpha value is -0.540. The Kier molecular flexibility index (Phi) is 2.52. The summed E-state index contributed by atoms with van der Waals surface area (Å²) in [6.07, 6.45) is 0.713. The maximum atomic E-state index is 10.5. The van der Waals surface area contributed by atoms with Crippen molar-refractivity contribution in [3.8, 4) is 0 Å². The first kappa shape index (κ1) is 8.56. The van der Waals surface area contributed by atoms with Crippen LogP contribution in [-0.4, -0.2) is 11.1 Å². The van der Waals surface area contributed by atoms with Gasteiger partial charge in [0, 0.05) is 0 Å². The van der Waals surface area contributed by atoms with E-state index in [1.165, 1.54) is 0 Å². The van der Waals surface area contributed by atoms with Crippen molar-refractivity contribution in [2.45, 2.75) is 13.3 Å². The number of thiophene rings is 1. The summed E-state index contributed by atoms with van der Waals surface area (Å²) in [5.74, 6) is -0.890. The molecule has 0 saturated heterocycles. The fourth-order valence-corrected chi connectivity index (χ4v) is 2.02. The minimum Gasteiger partial charge on any atom is -0.477 e. The summed E-state index contributed by atoms with van der Waals surface area (Å²) in [6, 6.07) is 1.70. The number of hydrogen-bond donors (Lipinski definition) is 1. The minimum atomic E-state index is -0.890. The molecule has 0 amide bonds. The van der Waals surface area contributed by atoms with Gasteiger partial charge in [0.25, 0.3) is 0 Å². The average molecular weight is 191 g/mol. The highest BCUT2D eigenvalue weighted by Gasteiger charge is 2.12. The molecule has 60 valence electrons. The van der Waals surface area contributed by atoms with Crippen LogP contribution in [0.2, 0.25) is 4.34 Å². The van der Waals surface area contributed by atoms with E-state index in [-0.39, 0.29) is 0 Å². The highest BCUT2D eigenvalue weighted by atomic mass is 35.5. The lowest BCUT2D eigenvalue weighted by Gasteiger charge is -1.91. The first-order valence-electron chi connectivity index (χ1n) is 3.16. The molecule has 1 aromatic rings. The molecule has 0 aliphatic rings. The molecule has 1 aromatic heterocycles. The van der Waals surface area contributed by atoms with Crippen LogP contribution in [0.25, 0.3) is 0 Å². The van der Waals surface area contributed by atoms with Gasteiger partial charge in [-0.2, -0.15) is 0 Å². The first-order valence-corrected chi connectivity index (χ1v) is 4.36. The van der Waals surface area contributed by atoms with Crippen LogP contribution in [0.3, 0.4) is 0 Å². The van der Waals surface area contributed by atoms with Gasteiger partial charge in [-0.05, 0) is 18.1 Å². The van der Waals surface area contributed by atoms with Gasteiger partial charge in [0.15, 0.2) is 0 Å². The van der Waals surface area contributed by atoms with E-state index in [0.29, 0.717) is 15.6 Å². The standard InChI is InChI=1S/C7H7ClO2S/c1-2-4-3-5(8)11-6(4)7(9)10/h3H,2H2,1H3,(H,9,10). The molecule has 0 saturated carbocycles. The van der Waals surface area contributed by atoms with Crippen LogP contribution in [0.5, 0.6) is 0 Å². The topological polar surface area (TPSA) is 37.3 Å². The molecule has 1 heterocycles. The summed E-state index contributed by atoms with van der Waals surface area (Å²) in [6.45, 7) is 1.91. The summed E-state index contributed by atoms with van der Waals surface area (Å²) >= 11 is 6.76. The molecule has 1 rings (SSSR count). The van der Waals surface area contributed by atoms with E-state index in [4.69, 9.17) is 16.7 Å². The van der Waals surface area contributed by atoms with Crippen LogP contribution in [0, 0.1) is 0 Å². The molecule has 0 atom stereocenters. The largest absolute Gasteiger partial charge is 0.477 e. The zero-order valence-corrected chi connectivity index (χ0v) is 7.50. The quantitative estimate of drug-likeness (QED) is 0.779. The summed E-state index contributed by atoms with van der Waals surface area (Å²) < 4.78 is 0.541. The third-order valence-corrected chi connectivity index (χ3v) is 2.65. The number of halogens is 1. The monoisotopic (exact) mass is 190 g/mol. The second-order valence-electron chi connectivity index (χ2n) is 2.06. The summed E-state index contributed by atoms with van der Waals surface area (Å²) in [5.41, 5.74) is 0.813. The van der Waals surface area contributed by atoms with Gasteiger partial charge in [-0.1, -0.05) is 18.5 Å². The van der Waals surface area contributed by atoms with Crippen molar-refractivity contribution < 1.29 is 9.90 Å². The fourth-order valence-electron chi connectivity index (χ4n) is 0.839. The molecular weight excluding hydrogens is 184 g/mol. The van der Waals surface area contributed by atoms with E-state index in [9.17, 15) is 4.79 Å². The highest BCUT2D eigenvalue weighted by Crippen LogP contribution is 2.26. The number of aromatic carboxylic acids is 1. The van der Waals surface area contributed by atoms with Crippen LogP contribution in [0.1, 0.15) is 22.2 Å². The normalized spacial score (nSPS) is 10.0. The van der Waals surface area contributed by atoms with Crippen molar-refractivity contribution in [1.82, 2.24) is 0 Å². The molecule has 2 nitrogen and oxygen atoms in total. The summed E-state index contributed by atoms with van der Waals surface area (Å²) in [5, 5.41) is 8.66. The lowest BCUT2D eigenvalue weighted by atomic mass is 10.2. The number of carboxylic acids is 1. The Morgan fingerprint density at radius 3 is 2.82 bits per heavy atom. The maximum Gasteiger partial charge on any atom is 0.346 e. The van der Waals surface area contributed by atoms with E-state index >= 15 is 0 Å². The van der Waals surface area contributed by atoms with Crippen LogP contribution in [0.15, 0.2) is 6.07 Å². The van der Waals surface area contributed by atoms with Crippen molar-refractivity contribution in [1.29, 1.82) is 0 Å². The Balaban J connectivity index is 3.12. The predicted octanol–water partition coefficient (Wildman–Crippen LogP) is 2.66. The fraction of sp³-hybridized carbons (Fsp3) is 0.286. The minimum absolute atomic E-state index is 0.359. The third-order valence-electron chi connectivity index (χ3n) is 1.35. The zero-order valence-electron chi connectivity index (χ0n) is 5.93. The van der Waals surface area contributed by atoms with Crippen LogP contribution in [0.4, 0.5) is 0 Å². The Bertz CT molecular complexity index is 280. The van der Waals surface area contributed by atoms with Crippen LogP contribution >= 0.6 is 22.9 Å². The number of carboxylic acid groups (broad SMARTS) is 1. The van der Waals surface area contributed by atoms with Gasteiger partial charge in [-0.15, -0.1) is 11.3 Å². The lowest BCUT2D eigenvalue weighted by Crippen LogP contribution is -1.95. The second-order valence-corrected chi connectivity index (χ2v) is 3.75. The SMILES string of the molecule is CCc1cc(Cl)sc1C(=O)O. The lowest BCUT2D eigenvalue weighted by molar-refractivity contribution is 0.0701. The molecule has 1 N–H and O–H groups in total. The smallest absolute Gasteiger partial charge is 0.346 e. The van der Waals surface area contributed by atoms with Crippen molar-refractivity contribution >= 4 is 28.9 Å². The van der Waals surface area contributed by atoms with Crippen LogP contribution in [-0.2, 0) is 6.42 Å². The van der Waals surface area contributed by atoms with Crippen molar-refractivity contribution in [2.24, 2.45) is 0 Å². The zero-order chi connectivity index (χ0) is 8.43. The molecular formula is C7H7ClO2S. The molecule has 0 bridgehead atoms. The Labute approximate surface area is 73.4 Å². The predicted molar refractivity (Wildman–Crippen MR) is 45.7 cm³/mol. The van der Waals surface area contributed by atoms with Crippen molar-refractivity contribution in [2.75, 3.05) is 0 Å². The molecule has 0 radical (unpaired) electrons. The van der Waals surface area contributed by atoms with Crippen LogP contribution < -0.4 is 0 Å². The number of rotatable bonds is 2. The summed E-state index contributed by atoms with van der Waals surface area (Å²) in [4.78, 5) is 10.9. The number of hydrogen-bond acceptors (Lipinski definition) is 2.